The Morgan fingerprint density at radius 1 is 1.21 bits per heavy atom. The van der Waals surface area contributed by atoms with Crippen LogP contribution < -0.4 is 0 Å². The SMILES string of the molecule is CN1C(C2CCCCC2)=CC(Cl)N1C. The molecule has 0 saturated heterocycles. The average molecular weight is 215 g/mol. The molecule has 2 aliphatic rings. The summed E-state index contributed by atoms with van der Waals surface area (Å²) in [5.41, 5.74) is 1.49. The van der Waals surface area contributed by atoms with Crippen molar-refractivity contribution in [2.24, 2.45) is 5.92 Å². The summed E-state index contributed by atoms with van der Waals surface area (Å²) in [7, 11) is 4.16. The molecule has 1 heterocycles. The average Bonchev–Trinajstić information content (AvgIpc) is 2.47. The third-order valence-electron chi connectivity index (χ3n) is 3.54. The molecule has 1 fully saturated rings. The molecule has 0 aromatic heterocycles. The van der Waals surface area contributed by atoms with Crippen molar-refractivity contribution in [1.82, 2.24) is 10.0 Å². The van der Waals surface area contributed by atoms with Gasteiger partial charge in [0.2, 0.25) is 0 Å². The number of alkyl halides is 1. The van der Waals surface area contributed by atoms with Crippen molar-refractivity contribution >= 4 is 11.6 Å². The lowest BCUT2D eigenvalue weighted by Gasteiger charge is -2.32. The quantitative estimate of drug-likeness (QED) is 0.489. The van der Waals surface area contributed by atoms with E-state index in [4.69, 9.17) is 11.6 Å². The molecule has 1 unspecified atom stereocenters. The summed E-state index contributed by atoms with van der Waals surface area (Å²) >= 11 is 6.18. The second-order valence-corrected chi connectivity index (χ2v) is 4.84. The van der Waals surface area contributed by atoms with E-state index in [0.29, 0.717) is 0 Å². The lowest BCUT2D eigenvalue weighted by molar-refractivity contribution is 0.0732. The number of allylic oxidation sites excluding steroid dienone is 1. The normalized spacial score (nSPS) is 30.9. The van der Waals surface area contributed by atoms with Crippen LogP contribution in [0.15, 0.2) is 11.8 Å². The summed E-state index contributed by atoms with van der Waals surface area (Å²) in [4.78, 5) is 0. The molecule has 1 saturated carbocycles. The zero-order valence-electron chi connectivity index (χ0n) is 9.04. The predicted octanol–water partition coefficient (Wildman–Crippen LogP) is 2.81. The van der Waals surface area contributed by atoms with Crippen LogP contribution >= 0.6 is 11.6 Å². The topological polar surface area (TPSA) is 6.48 Å². The van der Waals surface area contributed by atoms with Crippen LogP contribution in [0.2, 0.25) is 0 Å². The number of nitrogens with zero attached hydrogens (tertiary/aromatic N) is 2. The number of hydrogen-bond acceptors (Lipinski definition) is 2. The zero-order valence-corrected chi connectivity index (χ0v) is 9.80. The van der Waals surface area contributed by atoms with Crippen molar-refractivity contribution in [3.63, 3.8) is 0 Å². The number of rotatable bonds is 1. The minimum absolute atomic E-state index is 0.0527. The van der Waals surface area contributed by atoms with Gasteiger partial charge < -0.3 is 5.01 Å². The summed E-state index contributed by atoms with van der Waals surface area (Å²) in [6.45, 7) is 0. The predicted molar refractivity (Wildman–Crippen MR) is 59.8 cm³/mol. The number of hydrazine groups is 1. The monoisotopic (exact) mass is 214 g/mol. The number of hydrogen-bond donors (Lipinski definition) is 0. The molecular formula is C11H19ClN2. The minimum Gasteiger partial charge on any atom is -0.311 e. The highest BCUT2D eigenvalue weighted by Gasteiger charge is 2.30. The van der Waals surface area contributed by atoms with E-state index >= 15 is 0 Å². The van der Waals surface area contributed by atoms with Crippen LogP contribution in [0, 0.1) is 5.92 Å². The first-order valence-corrected chi connectivity index (χ1v) is 5.96. The standard InChI is InChI=1S/C11H19ClN2/c1-13-10(8-11(12)14(13)2)9-6-4-3-5-7-9/h8-9,11H,3-7H2,1-2H3. The molecule has 0 aromatic carbocycles. The van der Waals surface area contributed by atoms with Gasteiger partial charge in [-0.2, -0.15) is 0 Å². The second-order valence-electron chi connectivity index (χ2n) is 4.40. The van der Waals surface area contributed by atoms with Crippen molar-refractivity contribution in [2.75, 3.05) is 14.1 Å². The molecule has 0 amide bonds. The van der Waals surface area contributed by atoms with Crippen LogP contribution in [-0.2, 0) is 0 Å². The van der Waals surface area contributed by atoms with E-state index in [-0.39, 0.29) is 5.50 Å². The van der Waals surface area contributed by atoms with Crippen molar-refractivity contribution in [3.05, 3.63) is 11.8 Å². The van der Waals surface area contributed by atoms with Crippen LogP contribution in [0.4, 0.5) is 0 Å². The fraction of sp³-hybridized carbons (Fsp3) is 0.818. The molecule has 0 aromatic rings. The largest absolute Gasteiger partial charge is 0.311 e. The summed E-state index contributed by atoms with van der Waals surface area (Å²) < 4.78 is 0. The van der Waals surface area contributed by atoms with E-state index < -0.39 is 0 Å². The Kier molecular flexibility index (Phi) is 3.03. The molecule has 2 rings (SSSR count). The van der Waals surface area contributed by atoms with Gasteiger partial charge in [-0.15, -0.1) is 0 Å². The van der Waals surface area contributed by atoms with E-state index in [9.17, 15) is 0 Å². The molecule has 1 atom stereocenters. The summed E-state index contributed by atoms with van der Waals surface area (Å²) in [6, 6.07) is 0. The van der Waals surface area contributed by atoms with Gasteiger partial charge in [-0.05, 0) is 18.9 Å². The number of likely N-dealkylation sites (N-methyl/N-ethyl adjacent to an activating group) is 1. The highest BCUT2D eigenvalue weighted by Crippen LogP contribution is 2.35. The van der Waals surface area contributed by atoms with Gasteiger partial charge in [0.25, 0.3) is 0 Å². The summed E-state index contributed by atoms with van der Waals surface area (Å²) in [6.07, 6.45) is 9.06. The molecule has 2 nitrogen and oxygen atoms in total. The van der Waals surface area contributed by atoms with Gasteiger partial charge in [0.15, 0.2) is 0 Å². The van der Waals surface area contributed by atoms with Crippen LogP contribution in [0.25, 0.3) is 0 Å². The molecule has 0 N–H and O–H groups in total. The first kappa shape index (κ1) is 10.3. The highest BCUT2D eigenvalue weighted by atomic mass is 35.5. The molecule has 1 aliphatic carbocycles. The van der Waals surface area contributed by atoms with Crippen molar-refractivity contribution < 1.29 is 0 Å². The molecule has 3 heteroatoms. The maximum absolute atomic E-state index is 6.18. The van der Waals surface area contributed by atoms with Gasteiger partial charge in [0.05, 0.1) is 0 Å². The van der Waals surface area contributed by atoms with E-state index in [1.54, 1.807) is 0 Å². The first-order valence-electron chi connectivity index (χ1n) is 5.52. The van der Waals surface area contributed by atoms with Gasteiger partial charge in [-0.3, -0.25) is 0 Å². The molecular weight excluding hydrogens is 196 g/mol. The fourth-order valence-corrected chi connectivity index (χ4v) is 2.76. The van der Waals surface area contributed by atoms with E-state index in [1.807, 2.05) is 7.05 Å². The lowest BCUT2D eigenvalue weighted by atomic mass is 9.87. The third kappa shape index (κ3) is 1.78. The molecule has 0 radical (unpaired) electrons. The third-order valence-corrected chi connectivity index (χ3v) is 3.94. The number of halogens is 1. The lowest BCUT2D eigenvalue weighted by Crippen LogP contribution is -2.35. The van der Waals surface area contributed by atoms with Gasteiger partial charge in [0.1, 0.15) is 5.50 Å². The van der Waals surface area contributed by atoms with E-state index in [2.05, 4.69) is 23.1 Å². The second kappa shape index (κ2) is 4.11. The Balaban J connectivity index is 2.06. The smallest absolute Gasteiger partial charge is 0.123 e. The molecule has 0 bridgehead atoms. The Labute approximate surface area is 91.5 Å². The van der Waals surface area contributed by atoms with Crippen LogP contribution in [0.3, 0.4) is 0 Å². The molecule has 80 valence electrons. The van der Waals surface area contributed by atoms with Crippen molar-refractivity contribution in [3.8, 4) is 0 Å². The molecule has 1 aliphatic heterocycles. The van der Waals surface area contributed by atoms with Gasteiger partial charge >= 0.3 is 0 Å². The van der Waals surface area contributed by atoms with Crippen molar-refractivity contribution in [1.29, 1.82) is 0 Å². The van der Waals surface area contributed by atoms with Crippen LogP contribution in [0.5, 0.6) is 0 Å². The molecule has 0 spiro atoms. The maximum Gasteiger partial charge on any atom is 0.123 e. The van der Waals surface area contributed by atoms with Gasteiger partial charge in [-0.1, -0.05) is 30.9 Å². The Morgan fingerprint density at radius 2 is 1.86 bits per heavy atom. The van der Waals surface area contributed by atoms with Crippen molar-refractivity contribution in [2.45, 2.75) is 37.6 Å². The highest BCUT2D eigenvalue weighted by molar-refractivity contribution is 6.21. The first-order chi connectivity index (χ1) is 6.70. The maximum atomic E-state index is 6.18. The van der Waals surface area contributed by atoms with E-state index in [1.165, 1.54) is 37.8 Å². The van der Waals surface area contributed by atoms with Gasteiger partial charge in [0, 0.05) is 25.7 Å². The zero-order chi connectivity index (χ0) is 10.1. The molecule has 14 heavy (non-hydrogen) atoms. The van der Waals surface area contributed by atoms with E-state index in [0.717, 1.165) is 5.92 Å². The minimum atomic E-state index is 0.0527. The Bertz CT molecular complexity index is 233. The van der Waals surface area contributed by atoms with Crippen LogP contribution in [0.1, 0.15) is 32.1 Å². The Morgan fingerprint density at radius 3 is 2.36 bits per heavy atom. The summed E-state index contributed by atoms with van der Waals surface area (Å²) in [5, 5.41) is 4.30. The van der Waals surface area contributed by atoms with Gasteiger partial charge in [-0.25, -0.2) is 5.01 Å². The van der Waals surface area contributed by atoms with Crippen LogP contribution in [-0.4, -0.2) is 29.6 Å². The Hall–Kier alpha value is -0.210. The summed E-state index contributed by atoms with van der Waals surface area (Å²) in [5.74, 6) is 0.750. The fourth-order valence-electron chi connectivity index (χ4n) is 2.50.